The molecule has 3 heteroatoms. The van der Waals surface area contributed by atoms with Crippen molar-refractivity contribution in [3.8, 4) is 0 Å². The summed E-state index contributed by atoms with van der Waals surface area (Å²) in [6.45, 7) is 0. The molecule has 1 unspecified atom stereocenters. The lowest BCUT2D eigenvalue weighted by molar-refractivity contribution is -0.123. The van der Waals surface area contributed by atoms with Crippen molar-refractivity contribution in [3.63, 3.8) is 0 Å². The molecule has 0 spiro atoms. The van der Waals surface area contributed by atoms with Crippen LogP contribution in [0.5, 0.6) is 0 Å². The topological polar surface area (TPSA) is 35.5 Å². The van der Waals surface area contributed by atoms with Crippen LogP contribution in [0, 0.1) is 0 Å². The van der Waals surface area contributed by atoms with Crippen molar-refractivity contribution in [2.24, 2.45) is 0 Å². The van der Waals surface area contributed by atoms with Gasteiger partial charge in [-0.15, -0.1) is 0 Å². The van der Waals surface area contributed by atoms with Crippen LogP contribution in [0.3, 0.4) is 0 Å². The molecule has 0 fully saturated rings. The summed E-state index contributed by atoms with van der Waals surface area (Å²) in [5, 5.41) is 0. The third kappa shape index (κ3) is 1.49. The molecule has 0 aromatic heterocycles. The Hall–Kier alpha value is -1.09. The van der Waals surface area contributed by atoms with Crippen LogP contribution in [-0.4, -0.2) is 26.1 Å². The van der Waals surface area contributed by atoms with E-state index < -0.39 is 6.10 Å². The molecule has 0 N–H and O–H groups in total. The number of methoxy groups -OCH3 is 2. The minimum atomic E-state index is -0.551. The number of carbonyl (C=O) groups is 1. The van der Waals surface area contributed by atoms with Crippen LogP contribution < -0.4 is 0 Å². The van der Waals surface area contributed by atoms with Gasteiger partial charge in [-0.2, -0.15) is 0 Å². The molecular weight excluding hydrogens is 144 g/mol. The summed E-state index contributed by atoms with van der Waals surface area (Å²) in [6, 6.07) is 0. The fourth-order valence-corrected chi connectivity index (χ4v) is 0.960. The van der Waals surface area contributed by atoms with Gasteiger partial charge in [-0.1, -0.05) is 6.08 Å². The second kappa shape index (κ2) is 3.34. The van der Waals surface area contributed by atoms with E-state index >= 15 is 0 Å². The zero-order valence-electron chi connectivity index (χ0n) is 6.53. The summed E-state index contributed by atoms with van der Waals surface area (Å²) in [5.41, 5.74) is 0. The normalized spacial score (nSPS) is 23.3. The minimum Gasteiger partial charge on any atom is -0.498 e. The Morgan fingerprint density at radius 3 is 2.64 bits per heavy atom. The highest BCUT2D eigenvalue weighted by Crippen LogP contribution is 2.13. The van der Waals surface area contributed by atoms with Crippen LogP contribution in [-0.2, 0) is 14.3 Å². The van der Waals surface area contributed by atoms with Crippen LogP contribution in [0.25, 0.3) is 0 Å². The van der Waals surface area contributed by atoms with Crippen molar-refractivity contribution in [1.29, 1.82) is 0 Å². The predicted octanol–water partition coefficient (Wildman–Crippen LogP) is 0.671. The van der Waals surface area contributed by atoms with Gasteiger partial charge in [-0.3, -0.25) is 4.79 Å². The van der Waals surface area contributed by atoms with E-state index in [-0.39, 0.29) is 5.78 Å². The first-order chi connectivity index (χ1) is 5.29. The molecule has 0 aromatic carbocycles. The maximum atomic E-state index is 11.1. The van der Waals surface area contributed by atoms with E-state index in [1.54, 1.807) is 12.2 Å². The van der Waals surface area contributed by atoms with Gasteiger partial charge in [-0.25, -0.2) is 0 Å². The lowest BCUT2D eigenvalue weighted by Crippen LogP contribution is -2.26. The Balaban J connectivity index is 2.81. The van der Waals surface area contributed by atoms with Gasteiger partial charge in [0.1, 0.15) is 5.76 Å². The molecule has 0 saturated heterocycles. The zero-order chi connectivity index (χ0) is 8.27. The van der Waals surface area contributed by atoms with Gasteiger partial charge in [0, 0.05) is 7.11 Å². The molecule has 1 aliphatic carbocycles. The Kier molecular flexibility index (Phi) is 2.44. The molecule has 0 aromatic rings. The summed E-state index contributed by atoms with van der Waals surface area (Å²) in [4.78, 5) is 11.1. The average molecular weight is 154 g/mol. The monoisotopic (exact) mass is 154 g/mol. The molecule has 0 bridgehead atoms. The summed E-state index contributed by atoms with van der Waals surface area (Å²) < 4.78 is 9.84. The van der Waals surface area contributed by atoms with Crippen LogP contribution in [0.15, 0.2) is 24.0 Å². The molecule has 11 heavy (non-hydrogen) atoms. The van der Waals surface area contributed by atoms with Crippen molar-refractivity contribution < 1.29 is 14.3 Å². The Labute approximate surface area is 65.3 Å². The minimum absolute atomic E-state index is 0.0770. The lowest BCUT2D eigenvalue weighted by Gasteiger charge is -2.16. The maximum absolute atomic E-state index is 11.1. The van der Waals surface area contributed by atoms with Gasteiger partial charge in [0.2, 0.25) is 0 Å². The molecule has 1 aliphatic rings. The third-order valence-corrected chi connectivity index (χ3v) is 1.51. The van der Waals surface area contributed by atoms with Crippen LogP contribution in [0.1, 0.15) is 0 Å². The van der Waals surface area contributed by atoms with Crippen molar-refractivity contribution in [1.82, 2.24) is 0 Å². The molecule has 0 radical (unpaired) electrons. The maximum Gasteiger partial charge on any atom is 0.192 e. The standard InChI is InChI=1S/C8H10O3/c1-10-7-5-3-4-6(9)8(7)11-2/h3-5,8H,1-2H3. The van der Waals surface area contributed by atoms with Gasteiger partial charge in [0.05, 0.1) is 7.11 Å². The highest BCUT2D eigenvalue weighted by molar-refractivity contribution is 5.96. The van der Waals surface area contributed by atoms with E-state index in [9.17, 15) is 4.79 Å². The van der Waals surface area contributed by atoms with Crippen molar-refractivity contribution >= 4 is 5.78 Å². The van der Waals surface area contributed by atoms with Gasteiger partial charge in [-0.05, 0) is 12.2 Å². The van der Waals surface area contributed by atoms with Gasteiger partial charge >= 0.3 is 0 Å². The van der Waals surface area contributed by atoms with E-state index in [1.807, 2.05) is 0 Å². The molecule has 1 rings (SSSR count). The van der Waals surface area contributed by atoms with E-state index in [1.165, 1.54) is 20.3 Å². The molecule has 1 atom stereocenters. The fraction of sp³-hybridized carbons (Fsp3) is 0.375. The molecule has 0 saturated carbocycles. The Bertz CT molecular complexity index is 215. The van der Waals surface area contributed by atoms with E-state index in [0.717, 1.165) is 0 Å². The van der Waals surface area contributed by atoms with Gasteiger partial charge in [0.15, 0.2) is 11.9 Å². The molecule has 60 valence electrons. The second-order valence-electron chi connectivity index (χ2n) is 2.15. The summed E-state index contributed by atoms with van der Waals surface area (Å²) in [6.07, 6.45) is 4.29. The average Bonchev–Trinajstić information content (AvgIpc) is 2.04. The fourth-order valence-electron chi connectivity index (χ4n) is 0.960. The molecule has 0 amide bonds. The number of hydrogen-bond acceptors (Lipinski definition) is 3. The first kappa shape index (κ1) is 8.01. The SMILES string of the molecule is COC1=CC=CC(=O)C1OC. The first-order valence-corrected chi connectivity index (χ1v) is 3.28. The highest BCUT2D eigenvalue weighted by atomic mass is 16.5. The molecule has 0 aliphatic heterocycles. The molecular formula is C8H10O3. The van der Waals surface area contributed by atoms with Gasteiger partial charge < -0.3 is 9.47 Å². The number of ether oxygens (including phenoxy) is 2. The predicted molar refractivity (Wildman–Crippen MR) is 40.0 cm³/mol. The summed E-state index contributed by atoms with van der Waals surface area (Å²) in [5.74, 6) is 0.479. The third-order valence-electron chi connectivity index (χ3n) is 1.51. The highest BCUT2D eigenvalue weighted by Gasteiger charge is 2.22. The first-order valence-electron chi connectivity index (χ1n) is 3.28. The number of hydrogen-bond donors (Lipinski definition) is 0. The van der Waals surface area contributed by atoms with E-state index in [2.05, 4.69) is 0 Å². The van der Waals surface area contributed by atoms with Crippen LogP contribution in [0.4, 0.5) is 0 Å². The second-order valence-corrected chi connectivity index (χ2v) is 2.15. The summed E-state index contributed by atoms with van der Waals surface area (Å²) in [7, 11) is 3.00. The molecule has 3 nitrogen and oxygen atoms in total. The Morgan fingerprint density at radius 1 is 1.45 bits per heavy atom. The quantitative estimate of drug-likeness (QED) is 0.586. The van der Waals surface area contributed by atoms with Crippen molar-refractivity contribution in [3.05, 3.63) is 24.0 Å². The number of ketones is 1. The number of carbonyl (C=O) groups excluding carboxylic acids is 1. The van der Waals surface area contributed by atoms with E-state index in [0.29, 0.717) is 5.76 Å². The molecule has 0 heterocycles. The largest absolute Gasteiger partial charge is 0.498 e. The smallest absolute Gasteiger partial charge is 0.192 e. The van der Waals surface area contributed by atoms with Gasteiger partial charge in [0.25, 0.3) is 0 Å². The Morgan fingerprint density at radius 2 is 2.18 bits per heavy atom. The van der Waals surface area contributed by atoms with Crippen molar-refractivity contribution in [2.75, 3.05) is 14.2 Å². The zero-order valence-corrected chi connectivity index (χ0v) is 6.53. The lowest BCUT2D eigenvalue weighted by atomic mass is 10.1. The number of allylic oxidation sites excluding steroid dienone is 2. The van der Waals surface area contributed by atoms with Crippen LogP contribution in [0.2, 0.25) is 0 Å². The van der Waals surface area contributed by atoms with E-state index in [4.69, 9.17) is 9.47 Å². The van der Waals surface area contributed by atoms with Crippen LogP contribution >= 0.6 is 0 Å². The number of rotatable bonds is 2. The summed E-state index contributed by atoms with van der Waals surface area (Å²) >= 11 is 0. The van der Waals surface area contributed by atoms with Crippen molar-refractivity contribution in [2.45, 2.75) is 6.10 Å².